The predicted octanol–water partition coefficient (Wildman–Crippen LogP) is 4.93. The van der Waals surface area contributed by atoms with Crippen LogP contribution in [0.25, 0.3) is 0 Å². The van der Waals surface area contributed by atoms with Gasteiger partial charge in [0, 0.05) is 18.0 Å². The normalized spacial score (nSPS) is 12.4. The molecule has 1 unspecified atom stereocenters. The first-order valence-corrected chi connectivity index (χ1v) is 8.39. The Balaban J connectivity index is 2.18. The molecule has 0 amide bonds. The molecule has 0 aliphatic heterocycles. The maximum absolute atomic E-state index is 10.3. The van der Waals surface area contributed by atoms with E-state index in [1.807, 2.05) is 18.2 Å². The molecule has 0 saturated heterocycles. The summed E-state index contributed by atoms with van der Waals surface area (Å²) >= 11 is 7.98. The third-order valence-electron chi connectivity index (χ3n) is 2.66. The van der Waals surface area contributed by atoms with Crippen molar-refractivity contribution < 1.29 is 5.11 Å². The summed E-state index contributed by atoms with van der Waals surface area (Å²) in [5.74, 6) is 0. The van der Waals surface area contributed by atoms with Crippen molar-refractivity contribution in [3.8, 4) is 0 Å². The number of aliphatic hydroxyl groups excluding tert-OH is 1. The van der Waals surface area contributed by atoms with E-state index in [-0.39, 0.29) is 0 Å². The van der Waals surface area contributed by atoms with Crippen LogP contribution in [0.4, 0.5) is 0 Å². The zero-order chi connectivity index (χ0) is 13.1. The van der Waals surface area contributed by atoms with Crippen molar-refractivity contribution in [2.24, 2.45) is 0 Å². The second-order valence-electron chi connectivity index (χ2n) is 4.01. The zero-order valence-electron chi connectivity index (χ0n) is 9.41. The van der Waals surface area contributed by atoms with Gasteiger partial charge >= 0.3 is 0 Å². The van der Waals surface area contributed by atoms with Crippen molar-refractivity contribution in [1.29, 1.82) is 0 Å². The average molecular weight is 529 g/mol. The van der Waals surface area contributed by atoms with Gasteiger partial charge in [0.05, 0.1) is 6.10 Å². The van der Waals surface area contributed by atoms with E-state index in [1.54, 1.807) is 0 Å². The van der Waals surface area contributed by atoms with Gasteiger partial charge in [0.2, 0.25) is 0 Å². The summed E-state index contributed by atoms with van der Waals surface area (Å²) in [6.45, 7) is 0. The second-order valence-corrected chi connectivity index (χ2v) is 7.34. The molecule has 1 atom stereocenters. The molecular formula is C14H11BrI2O. The predicted molar refractivity (Wildman–Crippen MR) is 94.7 cm³/mol. The van der Waals surface area contributed by atoms with Crippen LogP contribution in [0.3, 0.4) is 0 Å². The molecular weight excluding hydrogens is 518 g/mol. The van der Waals surface area contributed by atoms with Crippen molar-refractivity contribution in [3.05, 3.63) is 65.2 Å². The lowest BCUT2D eigenvalue weighted by Gasteiger charge is -2.13. The van der Waals surface area contributed by atoms with Gasteiger partial charge in [-0.15, -0.1) is 0 Å². The smallest absolute Gasteiger partial charge is 0.0840 e. The number of hydrogen-bond donors (Lipinski definition) is 1. The van der Waals surface area contributed by atoms with Crippen molar-refractivity contribution >= 4 is 61.1 Å². The van der Waals surface area contributed by atoms with Gasteiger partial charge in [-0.3, -0.25) is 0 Å². The Labute approximate surface area is 142 Å². The molecule has 0 spiro atoms. The Hall–Kier alpha value is 0.340. The number of halogens is 3. The van der Waals surface area contributed by atoms with Crippen LogP contribution in [0.5, 0.6) is 0 Å². The van der Waals surface area contributed by atoms with Crippen LogP contribution < -0.4 is 0 Å². The molecule has 0 aliphatic carbocycles. The van der Waals surface area contributed by atoms with E-state index in [4.69, 9.17) is 0 Å². The maximum Gasteiger partial charge on any atom is 0.0840 e. The van der Waals surface area contributed by atoms with Crippen LogP contribution >= 0.6 is 61.1 Å². The molecule has 1 N–H and O–H groups in total. The van der Waals surface area contributed by atoms with Crippen molar-refractivity contribution in [1.82, 2.24) is 0 Å². The Morgan fingerprint density at radius 2 is 1.72 bits per heavy atom. The molecule has 2 aromatic carbocycles. The summed E-state index contributed by atoms with van der Waals surface area (Å²) in [6.07, 6.45) is 0.179. The lowest BCUT2D eigenvalue weighted by molar-refractivity contribution is 0.177. The van der Waals surface area contributed by atoms with E-state index in [2.05, 4.69) is 85.4 Å². The molecule has 1 nitrogen and oxygen atoms in total. The quantitative estimate of drug-likeness (QED) is 0.560. The highest BCUT2D eigenvalue weighted by Crippen LogP contribution is 2.26. The summed E-state index contributed by atoms with van der Waals surface area (Å²) < 4.78 is 3.30. The molecule has 0 fully saturated rings. The number of aliphatic hydroxyl groups is 1. The molecule has 0 saturated carbocycles. The van der Waals surface area contributed by atoms with Crippen LogP contribution in [-0.2, 0) is 6.42 Å². The van der Waals surface area contributed by atoms with Gasteiger partial charge in [0.25, 0.3) is 0 Å². The molecule has 2 rings (SSSR count). The Morgan fingerprint density at radius 3 is 2.39 bits per heavy atom. The van der Waals surface area contributed by atoms with Crippen molar-refractivity contribution in [2.75, 3.05) is 0 Å². The first kappa shape index (κ1) is 14.7. The lowest BCUT2D eigenvalue weighted by Crippen LogP contribution is -2.04. The molecule has 4 heteroatoms. The molecule has 0 radical (unpaired) electrons. The van der Waals surface area contributed by atoms with E-state index in [0.29, 0.717) is 6.42 Å². The fraction of sp³-hybridized carbons (Fsp3) is 0.143. The standard InChI is InChI=1S/C14H11BrI2O/c15-10-3-6-13(17)12(8-10)14(18)7-9-1-4-11(16)5-2-9/h1-6,8,14,18H,7H2. The fourth-order valence-corrected chi connectivity index (χ4v) is 3.16. The zero-order valence-corrected chi connectivity index (χ0v) is 15.3. The summed E-state index contributed by atoms with van der Waals surface area (Å²) in [7, 11) is 0. The van der Waals surface area contributed by atoms with E-state index in [1.165, 1.54) is 3.57 Å². The van der Waals surface area contributed by atoms with Crippen LogP contribution in [-0.4, -0.2) is 5.11 Å². The van der Waals surface area contributed by atoms with Crippen LogP contribution in [0.15, 0.2) is 46.9 Å². The number of rotatable bonds is 3. The average Bonchev–Trinajstić information content (AvgIpc) is 2.35. The van der Waals surface area contributed by atoms with E-state index >= 15 is 0 Å². The summed E-state index contributed by atoms with van der Waals surface area (Å²) in [6, 6.07) is 14.2. The van der Waals surface area contributed by atoms with Crippen molar-refractivity contribution in [3.63, 3.8) is 0 Å². The second kappa shape index (κ2) is 6.67. The molecule has 0 aromatic heterocycles. The Morgan fingerprint density at radius 1 is 1.06 bits per heavy atom. The van der Waals surface area contributed by atoms with Crippen molar-refractivity contribution in [2.45, 2.75) is 12.5 Å². The van der Waals surface area contributed by atoms with Gasteiger partial charge in [-0.2, -0.15) is 0 Å². The number of benzene rings is 2. The Kier molecular flexibility index (Phi) is 5.47. The number of hydrogen-bond acceptors (Lipinski definition) is 1. The molecule has 0 heterocycles. The van der Waals surface area contributed by atoms with Gasteiger partial charge < -0.3 is 5.11 Å². The van der Waals surface area contributed by atoms with Gasteiger partial charge in [0.15, 0.2) is 0 Å². The third-order valence-corrected chi connectivity index (χ3v) is 4.85. The molecule has 2 aromatic rings. The largest absolute Gasteiger partial charge is 0.388 e. The highest BCUT2D eigenvalue weighted by Gasteiger charge is 2.12. The minimum absolute atomic E-state index is 0.463. The SMILES string of the molecule is OC(Cc1ccc(I)cc1)c1cc(Br)ccc1I. The monoisotopic (exact) mass is 528 g/mol. The first-order valence-electron chi connectivity index (χ1n) is 5.44. The molecule has 18 heavy (non-hydrogen) atoms. The fourth-order valence-electron chi connectivity index (χ4n) is 1.72. The summed E-state index contributed by atoms with van der Waals surface area (Å²) in [5.41, 5.74) is 2.13. The maximum atomic E-state index is 10.3. The van der Waals surface area contributed by atoms with Gasteiger partial charge in [-0.25, -0.2) is 0 Å². The van der Waals surface area contributed by atoms with Gasteiger partial charge in [0.1, 0.15) is 0 Å². The van der Waals surface area contributed by atoms with Crippen LogP contribution in [0.1, 0.15) is 17.2 Å². The minimum Gasteiger partial charge on any atom is -0.388 e. The van der Waals surface area contributed by atoms with E-state index in [0.717, 1.165) is 19.2 Å². The highest BCUT2D eigenvalue weighted by atomic mass is 127. The van der Waals surface area contributed by atoms with Crippen LogP contribution in [0.2, 0.25) is 0 Å². The highest BCUT2D eigenvalue weighted by molar-refractivity contribution is 14.1. The van der Waals surface area contributed by atoms with Gasteiger partial charge in [-0.1, -0.05) is 28.1 Å². The van der Waals surface area contributed by atoms with Gasteiger partial charge in [-0.05, 0) is 86.6 Å². The molecule has 0 bridgehead atoms. The molecule has 0 aliphatic rings. The summed E-state index contributed by atoms with van der Waals surface area (Å²) in [5, 5.41) is 10.3. The molecule has 94 valence electrons. The van der Waals surface area contributed by atoms with E-state index in [9.17, 15) is 5.11 Å². The third kappa shape index (κ3) is 3.91. The topological polar surface area (TPSA) is 20.2 Å². The lowest BCUT2D eigenvalue weighted by atomic mass is 10.0. The Bertz CT molecular complexity index is 540. The first-order chi connectivity index (χ1) is 8.56. The van der Waals surface area contributed by atoms with E-state index < -0.39 is 6.10 Å². The summed E-state index contributed by atoms with van der Waals surface area (Å²) in [4.78, 5) is 0. The minimum atomic E-state index is -0.463. The van der Waals surface area contributed by atoms with Crippen LogP contribution in [0, 0.1) is 7.14 Å².